The van der Waals surface area contributed by atoms with E-state index in [2.05, 4.69) is 26.0 Å². The number of carbonyl (C=O) groups is 1. The molecule has 0 heterocycles. The van der Waals surface area contributed by atoms with Crippen LogP contribution < -0.4 is 14.8 Å². The molecule has 2 N–H and O–H groups in total. The quantitative estimate of drug-likeness (QED) is 0.425. The van der Waals surface area contributed by atoms with Gasteiger partial charge in [-0.25, -0.2) is 8.42 Å². The number of hydrogen-bond donors (Lipinski definition) is 2. The smallest absolute Gasteiger partial charge is 0.244 e. The summed E-state index contributed by atoms with van der Waals surface area (Å²) in [5.74, 6) is -0.198. The van der Waals surface area contributed by atoms with Crippen molar-refractivity contribution in [1.29, 1.82) is 0 Å². The SMILES string of the molecule is COc1ccc(C)cc1S(=O)(=O)NC(Cc1ccccc1)C(=O)NC(C)c1cccc(Br)c1. The Morgan fingerprint density at radius 1 is 1.03 bits per heavy atom. The first kappa shape index (κ1) is 25.0. The number of amides is 1. The summed E-state index contributed by atoms with van der Waals surface area (Å²) in [5, 5.41) is 2.94. The number of aryl methyl sites for hydroxylation is 1. The Hall–Kier alpha value is -2.68. The summed E-state index contributed by atoms with van der Waals surface area (Å²) >= 11 is 3.44. The van der Waals surface area contributed by atoms with Crippen LogP contribution >= 0.6 is 15.9 Å². The van der Waals surface area contributed by atoms with Crippen molar-refractivity contribution < 1.29 is 17.9 Å². The van der Waals surface area contributed by atoms with Gasteiger partial charge < -0.3 is 10.1 Å². The molecule has 3 aromatic carbocycles. The van der Waals surface area contributed by atoms with Gasteiger partial charge in [0.2, 0.25) is 15.9 Å². The maximum absolute atomic E-state index is 13.3. The number of methoxy groups -OCH3 is 1. The molecule has 0 aliphatic carbocycles. The number of rotatable bonds is 9. The molecule has 0 radical (unpaired) electrons. The Morgan fingerprint density at radius 3 is 2.42 bits per heavy atom. The second-order valence-electron chi connectivity index (χ2n) is 7.80. The molecule has 3 aromatic rings. The minimum Gasteiger partial charge on any atom is -0.495 e. The summed E-state index contributed by atoms with van der Waals surface area (Å²) in [4.78, 5) is 13.3. The summed E-state index contributed by atoms with van der Waals surface area (Å²) in [6.07, 6.45) is 0.200. The predicted molar refractivity (Wildman–Crippen MR) is 133 cm³/mol. The van der Waals surface area contributed by atoms with Crippen LogP contribution in [0.2, 0.25) is 0 Å². The molecule has 0 aliphatic heterocycles. The van der Waals surface area contributed by atoms with Crippen molar-refractivity contribution in [3.8, 4) is 5.75 Å². The van der Waals surface area contributed by atoms with Crippen molar-refractivity contribution in [2.24, 2.45) is 0 Å². The highest BCUT2D eigenvalue weighted by molar-refractivity contribution is 9.10. The van der Waals surface area contributed by atoms with Crippen molar-refractivity contribution in [2.75, 3.05) is 7.11 Å². The van der Waals surface area contributed by atoms with Gasteiger partial charge in [-0.15, -0.1) is 0 Å². The second kappa shape index (κ2) is 11.0. The fourth-order valence-corrected chi connectivity index (χ4v) is 5.32. The first-order chi connectivity index (χ1) is 15.7. The van der Waals surface area contributed by atoms with Crippen LogP contribution in [0.25, 0.3) is 0 Å². The van der Waals surface area contributed by atoms with E-state index in [9.17, 15) is 13.2 Å². The van der Waals surface area contributed by atoms with Crippen molar-refractivity contribution in [2.45, 2.75) is 37.2 Å². The molecular weight excluding hydrogens is 504 g/mol. The van der Waals surface area contributed by atoms with Crippen LogP contribution in [-0.2, 0) is 21.2 Å². The summed E-state index contributed by atoms with van der Waals surface area (Å²) in [7, 11) is -2.63. The first-order valence-electron chi connectivity index (χ1n) is 10.5. The molecule has 8 heteroatoms. The standard InChI is InChI=1S/C25H27BrN2O4S/c1-17-12-13-23(32-3)24(14-17)33(30,31)28-22(15-19-8-5-4-6-9-19)25(29)27-18(2)20-10-7-11-21(26)16-20/h4-14,16,18,22,28H,15H2,1-3H3,(H,27,29). The zero-order valence-corrected chi connectivity index (χ0v) is 21.1. The largest absolute Gasteiger partial charge is 0.495 e. The van der Waals surface area contributed by atoms with E-state index in [1.54, 1.807) is 19.1 Å². The van der Waals surface area contributed by atoms with Gasteiger partial charge in [-0.2, -0.15) is 4.72 Å². The molecule has 0 saturated heterocycles. The lowest BCUT2D eigenvalue weighted by Gasteiger charge is -2.22. The fraction of sp³-hybridized carbons (Fsp3) is 0.240. The number of hydrogen-bond acceptors (Lipinski definition) is 4. The molecule has 33 heavy (non-hydrogen) atoms. The van der Waals surface area contributed by atoms with Crippen LogP contribution in [0.15, 0.2) is 82.2 Å². The van der Waals surface area contributed by atoms with Crippen molar-refractivity contribution in [1.82, 2.24) is 10.0 Å². The monoisotopic (exact) mass is 530 g/mol. The van der Waals surface area contributed by atoms with E-state index in [1.165, 1.54) is 13.2 Å². The van der Waals surface area contributed by atoms with E-state index in [1.807, 2.05) is 61.5 Å². The summed E-state index contributed by atoms with van der Waals surface area (Å²) < 4.78 is 35.3. The van der Waals surface area contributed by atoms with Crippen molar-refractivity contribution >= 4 is 31.9 Å². The average Bonchev–Trinajstić information content (AvgIpc) is 2.79. The minimum atomic E-state index is -4.04. The van der Waals surface area contributed by atoms with Gasteiger partial charge in [0.1, 0.15) is 16.7 Å². The number of halogens is 1. The molecule has 0 aromatic heterocycles. The Labute approximate surface area is 203 Å². The third-order valence-electron chi connectivity index (χ3n) is 5.21. The Kier molecular flexibility index (Phi) is 8.29. The number of benzene rings is 3. The maximum atomic E-state index is 13.3. The van der Waals surface area contributed by atoms with E-state index < -0.39 is 22.0 Å². The predicted octanol–water partition coefficient (Wildman–Crippen LogP) is 4.53. The molecule has 1 amide bonds. The highest BCUT2D eigenvalue weighted by Gasteiger charge is 2.29. The summed E-state index contributed by atoms with van der Waals surface area (Å²) in [6, 6.07) is 20.5. The van der Waals surface area contributed by atoms with E-state index >= 15 is 0 Å². The second-order valence-corrected chi connectivity index (χ2v) is 10.4. The number of nitrogens with one attached hydrogen (secondary N) is 2. The number of sulfonamides is 1. The molecule has 0 fully saturated rings. The summed E-state index contributed by atoms with van der Waals surface area (Å²) in [6.45, 7) is 3.66. The van der Waals surface area contributed by atoms with Crippen molar-refractivity contribution in [3.63, 3.8) is 0 Å². The van der Waals surface area contributed by atoms with Gasteiger partial charge in [-0.1, -0.05) is 64.5 Å². The molecule has 2 unspecified atom stereocenters. The number of carbonyl (C=O) groups excluding carboxylic acids is 1. The first-order valence-corrected chi connectivity index (χ1v) is 12.7. The molecule has 174 valence electrons. The van der Waals surface area contributed by atoms with Crippen LogP contribution in [-0.4, -0.2) is 27.5 Å². The molecule has 3 rings (SSSR count). The van der Waals surface area contributed by atoms with Gasteiger partial charge >= 0.3 is 0 Å². The fourth-order valence-electron chi connectivity index (χ4n) is 3.46. The minimum absolute atomic E-state index is 0.00380. The average molecular weight is 531 g/mol. The van der Waals surface area contributed by atoms with Crippen LogP contribution in [0.4, 0.5) is 0 Å². The van der Waals surface area contributed by atoms with E-state index in [0.29, 0.717) is 0 Å². The van der Waals surface area contributed by atoms with Gasteiger partial charge in [0.15, 0.2) is 0 Å². The molecule has 0 spiro atoms. The van der Waals surface area contributed by atoms with Crippen LogP contribution in [0.5, 0.6) is 5.75 Å². The molecule has 0 bridgehead atoms. The van der Waals surface area contributed by atoms with E-state index in [-0.39, 0.29) is 23.1 Å². The highest BCUT2D eigenvalue weighted by Crippen LogP contribution is 2.25. The van der Waals surface area contributed by atoms with Gasteiger partial charge in [0.05, 0.1) is 13.2 Å². The lowest BCUT2D eigenvalue weighted by Crippen LogP contribution is -2.48. The third kappa shape index (κ3) is 6.66. The van der Waals surface area contributed by atoms with E-state index in [0.717, 1.165) is 21.2 Å². The third-order valence-corrected chi connectivity index (χ3v) is 7.20. The molecule has 6 nitrogen and oxygen atoms in total. The Morgan fingerprint density at radius 2 is 1.76 bits per heavy atom. The lowest BCUT2D eigenvalue weighted by molar-refractivity contribution is -0.123. The van der Waals surface area contributed by atoms with Crippen LogP contribution in [0.1, 0.15) is 29.7 Å². The zero-order chi connectivity index (χ0) is 24.0. The van der Waals surface area contributed by atoms with Gasteiger partial charge in [0.25, 0.3) is 0 Å². The van der Waals surface area contributed by atoms with Gasteiger partial charge in [0, 0.05) is 4.47 Å². The molecule has 0 saturated carbocycles. The maximum Gasteiger partial charge on any atom is 0.244 e. The summed E-state index contributed by atoms with van der Waals surface area (Å²) in [5.41, 5.74) is 2.51. The topological polar surface area (TPSA) is 84.5 Å². The lowest BCUT2D eigenvalue weighted by atomic mass is 10.0. The highest BCUT2D eigenvalue weighted by atomic mass is 79.9. The Balaban J connectivity index is 1.89. The van der Waals surface area contributed by atoms with Crippen LogP contribution in [0, 0.1) is 6.92 Å². The van der Waals surface area contributed by atoms with Crippen molar-refractivity contribution in [3.05, 3.63) is 94.0 Å². The number of ether oxygens (including phenoxy) is 1. The molecular formula is C25H27BrN2O4S. The van der Waals surface area contributed by atoms with Gasteiger partial charge in [-0.05, 0) is 61.2 Å². The van der Waals surface area contributed by atoms with Gasteiger partial charge in [-0.3, -0.25) is 4.79 Å². The zero-order valence-electron chi connectivity index (χ0n) is 18.7. The normalized spacial score (nSPS) is 13.2. The van der Waals surface area contributed by atoms with E-state index in [4.69, 9.17) is 4.74 Å². The molecule has 2 atom stereocenters. The Bertz CT molecular complexity index is 1220. The molecule has 0 aliphatic rings. The van der Waals surface area contributed by atoms with Crippen LogP contribution in [0.3, 0.4) is 0 Å².